The van der Waals surface area contributed by atoms with Crippen molar-refractivity contribution >= 4 is 5.91 Å². The molecule has 2 aliphatic carbocycles. The first-order valence-electron chi connectivity index (χ1n) is 8.58. The van der Waals surface area contributed by atoms with E-state index in [4.69, 9.17) is 0 Å². The molecule has 1 unspecified atom stereocenters. The molecule has 0 spiro atoms. The van der Waals surface area contributed by atoms with Gasteiger partial charge in [0.15, 0.2) is 0 Å². The van der Waals surface area contributed by atoms with Gasteiger partial charge >= 0.3 is 0 Å². The van der Waals surface area contributed by atoms with Crippen LogP contribution in [-0.4, -0.2) is 48.6 Å². The average Bonchev–Trinajstić information content (AvgIpc) is 3.18. The van der Waals surface area contributed by atoms with Gasteiger partial charge in [0, 0.05) is 24.7 Å². The maximum absolute atomic E-state index is 12.2. The quantitative estimate of drug-likeness (QED) is 0.777. The fourth-order valence-electron chi connectivity index (χ4n) is 3.67. The molecular formula is C16H29N3O. The van der Waals surface area contributed by atoms with Crippen LogP contribution in [0.1, 0.15) is 57.8 Å². The highest BCUT2D eigenvalue weighted by Gasteiger charge is 2.32. The molecule has 0 aromatic rings. The summed E-state index contributed by atoms with van der Waals surface area (Å²) in [5, 5.41) is 6.83. The lowest BCUT2D eigenvalue weighted by Crippen LogP contribution is -2.48. The molecule has 20 heavy (non-hydrogen) atoms. The van der Waals surface area contributed by atoms with Crippen LogP contribution < -0.4 is 10.6 Å². The van der Waals surface area contributed by atoms with Crippen LogP contribution in [0.5, 0.6) is 0 Å². The summed E-state index contributed by atoms with van der Waals surface area (Å²) in [4.78, 5) is 14.6. The summed E-state index contributed by atoms with van der Waals surface area (Å²) < 4.78 is 0. The number of rotatable bonds is 6. The van der Waals surface area contributed by atoms with Crippen molar-refractivity contribution in [2.75, 3.05) is 19.6 Å². The van der Waals surface area contributed by atoms with E-state index < -0.39 is 0 Å². The van der Waals surface area contributed by atoms with Gasteiger partial charge in [-0.05, 0) is 45.1 Å². The van der Waals surface area contributed by atoms with E-state index in [0.29, 0.717) is 24.7 Å². The molecule has 4 nitrogen and oxygen atoms in total. The van der Waals surface area contributed by atoms with E-state index in [9.17, 15) is 4.79 Å². The second-order valence-electron chi connectivity index (χ2n) is 6.86. The Kier molecular flexibility index (Phi) is 4.94. The first-order valence-corrected chi connectivity index (χ1v) is 8.58. The van der Waals surface area contributed by atoms with Gasteiger partial charge in [0.2, 0.25) is 5.91 Å². The highest BCUT2D eigenvalue weighted by Crippen LogP contribution is 2.27. The monoisotopic (exact) mass is 279 g/mol. The Balaban J connectivity index is 1.44. The SMILES string of the molecule is O=C(CN(CC1CCCCN1)C1CC1)NC1CCCC1. The number of nitrogens with one attached hydrogen (secondary N) is 2. The molecular weight excluding hydrogens is 250 g/mol. The molecule has 114 valence electrons. The molecule has 1 aliphatic heterocycles. The minimum absolute atomic E-state index is 0.250. The molecule has 1 saturated heterocycles. The third-order valence-electron chi connectivity index (χ3n) is 5.00. The lowest BCUT2D eigenvalue weighted by Gasteiger charge is -2.30. The van der Waals surface area contributed by atoms with Crippen LogP contribution in [0.3, 0.4) is 0 Å². The summed E-state index contributed by atoms with van der Waals surface area (Å²) in [6.07, 6.45) is 11.4. The summed E-state index contributed by atoms with van der Waals surface area (Å²) in [7, 11) is 0. The van der Waals surface area contributed by atoms with Crippen LogP contribution in [0.2, 0.25) is 0 Å². The Bertz CT molecular complexity index is 318. The van der Waals surface area contributed by atoms with Crippen LogP contribution in [0, 0.1) is 0 Å². The van der Waals surface area contributed by atoms with Crippen molar-refractivity contribution in [1.29, 1.82) is 0 Å². The van der Waals surface area contributed by atoms with Gasteiger partial charge in [-0.3, -0.25) is 9.69 Å². The van der Waals surface area contributed by atoms with Gasteiger partial charge in [0.25, 0.3) is 0 Å². The Hall–Kier alpha value is -0.610. The van der Waals surface area contributed by atoms with E-state index in [-0.39, 0.29) is 5.91 Å². The third kappa shape index (κ3) is 4.19. The van der Waals surface area contributed by atoms with Gasteiger partial charge in [0.05, 0.1) is 6.54 Å². The van der Waals surface area contributed by atoms with Crippen LogP contribution in [0.25, 0.3) is 0 Å². The summed E-state index contributed by atoms with van der Waals surface area (Å²) >= 11 is 0. The standard InChI is InChI=1S/C16H29N3O/c20-16(18-13-5-1-2-6-13)12-19(15-8-9-15)11-14-7-3-4-10-17-14/h13-15,17H,1-12H2,(H,18,20). The Labute approximate surface area is 122 Å². The van der Waals surface area contributed by atoms with Crippen LogP contribution in [-0.2, 0) is 4.79 Å². The van der Waals surface area contributed by atoms with E-state index in [1.54, 1.807) is 0 Å². The summed E-state index contributed by atoms with van der Waals surface area (Å²) in [6, 6.07) is 1.73. The summed E-state index contributed by atoms with van der Waals surface area (Å²) in [6.45, 7) is 2.82. The minimum Gasteiger partial charge on any atom is -0.352 e. The normalized spacial score (nSPS) is 27.9. The molecule has 1 heterocycles. The van der Waals surface area contributed by atoms with Gasteiger partial charge in [-0.15, -0.1) is 0 Å². The van der Waals surface area contributed by atoms with Gasteiger partial charge in [0.1, 0.15) is 0 Å². The molecule has 1 atom stereocenters. The first kappa shape index (κ1) is 14.3. The van der Waals surface area contributed by atoms with Crippen molar-refractivity contribution in [2.45, 2.75) is 75.9 Å². The van der Waals surface area contributed by atoms with Gasteiger partial charge in [-0.1, -0.05) is 19.3 Å². The highest BCUT2D eigenvalue weighted by molar-refractivity contribution is 5.78. The maximum Gasteiger partial charge on any atom is 0.234 e. The number of amides is 1. The molecule has 2 N–H and O–H groups in total. The molecule has 3 aliphatic rings. The van der Waals surface area contributed by atoms with Crippen LogP contribution in [0.4, 0.5) is 0 Å². The highest BCUT2D eigenvalue weighted by atomic mass is 16.2. The van der Waals surface area contributed by atoms with Crippen molar-refractivity contribution in [3.63, 3.8) is 0 Å². The molecule has 3 fully saturated rings. The number of hydrogen-bond donors (Lipinski definition) is 2. The van der Waals surface area contributed by atoms with Gasteiger partial charge in [-0.2, -0.15) is 0 Å². The molecule has 3 rings (SSSR count). The van der Waals surface area contributed by atoms with Crippen molar-refractivity contribution in [3.05, 3.63) is 0 Å². The van der Waals surface area contributed by atoms with E-state index in [1.165, 1.54) is 57.8 Å². The third-order valence-corrected chi connectivity index (χ3v) is 5.00. The van der Waals surface area contributed by atoms with Gasteiger partial charge in [-0.25, -0.2) is 0 Å². The molecule has 4 heteroatoms. The fraction of sp³-hybridized carbons (Fsp3) is 0.938. The van der Waals surface area contributed by atoms with Crippen molar-refractivity contribution in [1.82, 2.24) is 15.5 Å². The number of nitrogens with zero attached hydrogens (tertiary/aromatic N) is 1. The Morgan fingerprint density at radius 2 is 1.80 bits per heavy atom. The largest absolute Gasteiger partial charge is 0.352 e. The van der Waals surface area contributed by atoms with E-state index >= 15 is 0 Å². The van der Waals surface area contributed by atoms with E-state index in [2.05, 4.69) is 15.5 Å². The van der Waals surface area contributed by atoms with Crippen molar-refractivity contribution in [2.24, 2.45) is 0 Å². The number of carbonyl (C=O) groups excluding carboxylic acids is 1. The maximum atomic E-state index is 12.2. The fourth-order valence-corrected chi connectivity index (χ4v) is 3.67. The van der Waals surface area contributed by atoms with Crippen molar-refractivity contribution < 1.29 is 4.79 Å². The van der Waals surface area contributed by atoms with E-state index in [0.717, 1.165) is 13.1 Å². The van der Waals surface area contributed by atoms with E-state index in [1.807, 2.05) is 0 Å². The molecule has 0 radical (unpaired) electrons. The second kappa shape index (κ2) is 6.90. The Morgan fingerprint density at radius 3 is 2.45 bits per heavy atom. The molecule has 0 aromatic carbocycles. The van der Waals surface area contributed by atoms with Crippen LogP contribution >= 0.6 is 0 Å². The zero-order valence-electron chi connectivity index (χ0n) is 12.6. The minimum atomic E-state index is 0.250. The predicted octanol–water partition coefficient (Wildman–Crippen LogP) is 1.65. The zero-order valence-corrected chi connectivity index (χ0v) is 12.6. The number of carbonyl (C=O) groups is 1. The molecule has 0 bridgehead atoms. The summed E-state index contributed by atoms with van der Waals surface area (Å²) in [5.74, 6) is 0.250. The topological polar surface area (TPSA) is 44.4 Å². The molecule has 2 saturated carbocycles. The predicted molar refractivity (Wildman–Crippen MR) is 80.6 cm³/mol. The summed E-state index contributed by atoms with van der Waals surface area (Å²) in [5.41, 5.74) is 0. The van der Waals surface area contributed by atoms with Crippen molar-refractivity contribution in [3.8, 4) is 0 Å². The first-order chi connectivity index (χ1) is 9.81. The lowest BCUT2D eigenvalue weighted by molar-refractivity contribution is -0.123. The van der Waals surface area contributed by atoms with Crippen LogP contribution in [0.15, 0.2) is 0 Å². The second-order valence-corrected chi connectivity index (χ2v) is 6.86. The zero-order chi connectivity index (χ0) is 13.8. The molecule has 1 amide bonds. The smallest absolute Gasteiger partial charge is 0.234 e. The Morgan fingerprint density at radius 1 is 1.05 bits per heavy atom. The molecule has 0 aromatic heterocycles. The number of hydrogen-bond acceptors (Lipinski definition) is 3. The average molecular weight is 279 g/mol. The number of piperidine rings is 1. The van der Waals surface area contributed by atoms with Gasteiger partial charge < -0.3 is 10.6 Å². The lowest BCUT2D eigenvalue weighted by atomic mass is 10.0.